The number of benzene rings is 2. The number of sulfonamides is 1. The number of amides is 1. The molecule has 10 nitrogen and oxygen atoms in total. The van der Waals surface area contributed by atoms with Crippen LogP contribution in [0.3, 0.4) is 0 Å². The fourth-order valence-corrected chi connectivity index (χ4v) is 5.11. The zero-order valence-electron chi connectivity index (χ0n) is 23.0. The summed E-state index contributed by atoms with van der Waals surface area (Å²) in [6, 6.07) is 12.9. The van der Waals surface area contributed by atoms with E-state index in [4.69, 9.17) is 0 Å². The van der Waals surface area contributed by atoms with E-state index in [1.54, 1.807) is 68.1 Å². The third-order valence-electron chi connectivity index (χ3n) is 6.30. The van der Waals surface area contributed by atoms with Crippen molar-refractivity contribution in [2.45, 2.75) is 26.3 Å². The van der Waals surface area contributed by atoms with Crippen molar-refractivity contribution in [1.29, 1.82) is 0 Å². The molecule has 5 rings (SSSR count). The molecule has 0 atom stereocenters. The minimum atomic E-state index is -3.66. The molecule has 2 N–H and O–H groups in total. The fraction of sp³-hybridized carbons (Fsp3) is 0.172. The number of hydrogen-bond donors (Lipinski definition) is 2. The van der Waals surface area contributed by atoms with Crippen LogP contribution in [0, 0.1) is 11.6 Å². The van der Waals surface area contributed by atoms with Crippen LogP contribution in [-0.2, 0) is 10.0 Å². The number of halogens is 2. The molecule has 2 aromatic carbocycles. The molecule has 0 unspecified atom stereocenters. The van der Waals surface area contributed by atoms with Gasteiger partial charge in [0.15, 0.2) is 5.65 Å². The van der Waals surface area contributed by atoms with Crippen LogP contribution in [0.25, 0.3) is 39.1 Å². The maximum absolute atomic E-state index is 14.7. The van der Waals surface area contributed by atoms with Gasteiger partial charge in [-0.05, 0) is 74.9 Å². The summed E-state index contributed by atoms with van der Waals surface area (Å²) in [7, 11) is -3.66. The third-order valence-corrected chi connectivity index (χ3v) is 6.91. The summed E-state index contributed by atoms with van der Waals surface area (Å²) >= 11 is 0. The number of pyridine rings is 2. The summed E-state index contributed by atoms with van der Waals surface area (Å²) < 4.78 is 56.2. The fourth-order valence-electron chi connectivity index (χ4n) is 4.57. The summed E-state index contributed by atoms with van der Waals surface area (Å²) in [6.07, 6.45) is 4.55. The van der Waals surface area contributed by atoms with Crippen LogP contribution in [0.15, 0.2) is 73.3 Å². The topological polar surface area (TPSA) is 130 Å². The SMILES string of the molecule is CC(C)(C)N(C(=O)O)c1ccc(-c2cnc3c(c2)ncn3-c2cc(NS(C)(=O)=O)cc(-c3ccc(F)cc3F)c2)cn1. The van der Waals surface area contributed by atoms with Crippen molar-refractivity contribution in [2.24, 2.45) is 0 Å². The third kappa shape index (κ3) is 5.91. The van der Waals surface area contributed by atoms with Crippen molar-refractivity contribution < 1.29 is 27.1 Å². The lowest BCUT2D eigenvalue weighted by molar-refractivity contribution is 0.195. The van der Waals surface area contributed by atoms with E-state index in [-0.39, 0.29) is 17.1 Å². The van der Waals surface area contributed by atoms with Gasteiger partial charge in [-0.25, -0.2) is 36.9 Å². The Kier molecular flexibility index (Phi) is 7.15. The van der Waals surface area contributed by atoms with Crippen LogP contribution in [0.4, 0.5) is 25.1 Å². The average Bonchev–Trinajstić information content (AvgIpc) is 3.30. The highest BCUT2D eigenvalue weighted by atomic mass is 32.2. The molecule has 0 fully saturated rings. The maximum atomic E-state index is 14.7. The second-order valence-corrected chi connectivity index (χ2v) is 12.4. The average molecular weight is 593 g/mol. The molecule has 0 spiro atoms. The predicted octanol–water partition coefficient (Wildman–Crippen LogP) is 6.08. The van der Waals surface area contributed by atoms with Crippen molar-refractivity contribution in [1.82, 2.24) is 19.5 Å². The molecule has 0 saturated heterocycles. The van der Waals surface area contributed by atoms with E-state index in [2.05, 4.69) is 19.7 Å². The molecule has 3 heterocycles. The maximum Gasteiger partial charge on any atom is 0.413 e. The monoisotopic (exact) mass is 592 g/mol. The van der Waals surface area contributed by atoms with Crippen LogP contribution >= 0.6 is 0 Å². The Morgan fingerprint density at radius 1 is 0.929 bits per heavy atom. The Bertz CT molecular complexity index is 1940. The van der Waals surface area contributed by atoms with Gasteiger partial charge in [0.1, 0.15) is 29.3 Å². The van der Waals surface area contributed by atoms with Gasteiger partial charge in [-0.3, -0.25) is 14.2 Å². The lowest BCUT2D eigenvalue weighted by Gasteiger charge is -2.32. The van der Waals surface area contributed by atoms with Crippen LogP contribution in [0.2, 0.25) is 0 Å². The van der Waals surface area contributed by atoms with Crippen molar-refractivity contribution in [3.63, 3.8) is 0 Å². The molecule has 0 bridgehead atoms. The first-order chi connectivity index (χ1) is 19.7. The highest BCUT2D eigenvalue weighted by Crippen LogP contribution is 2.32. The first-order valence-electron chi connectivity index (χ1n) is 12.6. The van der Waals surface area contributed by atoms with Gasteiger partial charge < -0.3 is 5.11 Å². The quantitative estimate of drug-likeness (QED) is 0.244. The highest BCUT2D eigenvalue weighted by Gasteiger charge is 2.28. The zero-order chi connectivity index (χ0) is 30.4. The Balaban J connectivity index is 1.55. The van der Waals surface area contributed by atoms with Gasteiger partial charge in [0, 0.05) is 40.7 Å². The second kappa shape index (κ2) is 10.5. The molecule has 0 radical (unpaired) electrons. The van der Waals surface area contributed by atoms with Gasteiger partial charge in [0.2, 0.25) is 10.0 Å². The lowest BCUT2D eigenvalue weighted by Crippen LogP contribution is -2.45. The van der Waals surface area contributed by atoms with E-state index in [9.17, 15) is 27.1 Å². The number of carbonyl (C=O) groups is 1. The molecule has 216 valence electrons. The molecule has 0 aliphatic rings. The van der Waals surface area contributed by atoms with Gasteiger partial charge in [0.05, 0.1) is 17.6 Å². The van der Waals surface area contributed by atoms with Crippen molar-refractivity contribution in [2.75, 3.05) is 15.9 Å². The van der Waals surface area contributed by atoms with Gasteiger partial charge in [-0.15, -0.1) is 0 Å². The zero-order valence-corrected chi connectivity index (χ0v) is 23.8. The van der Waals surface area contributed by atoms with Crippen molar-refractivity contribution in [3.8, 4) is 27.9 Å². The first-order valence-corrected chi connectivity index (χ1v) is 14.5. The molecular weight excluding hydrogens is 566 g/mol. The lowest BCUT2D eigenvalue weighted by atomic mass is 10.0. The standard InChI is InChI=1S/C29H26F2N6O4S/c1-29(2,3)37(28(38)39)26-8-5-17(14-32-26)19-11-25-27(33-15-19)36(16-34-25)22-10-18(9-21(13-22)35-42(4,40)41)23-7-6-20(30)12-24(23)31/h5-16,35H,1-4H3,(H,38,39). The van der Waals surface area contributed by atoms with Crippen LogP contribution in [-0.4, -0.2) is 50.9 Å². The Morgan fingerprint density at radius 3 is 2.29 bits per heavy atom. The van der Waals surface area contributed by atoms with E-state index < -0.39 is 33.3 Å². The summed E-state index contributed by atoms with van der Waals surface area (Å²) in [5.74, 6) is -1.25. The molecule has 0 saturated carbocycles. The summed E-state index contributed by atoms with van der Waals surface area (Å²) in [5, 5.41) is 9.64. The molecule has 1 amide bonds. The van der Waals surface area contributed by atoms with E-state index in [1.807, 2.05) is 0 Å². The summed E-state index contributed by atoms with van der Waals surface area (Å²) in [6.45, 7) is 5.32. The second-order valence-electron chi connectivity index (χ2n) is 10.6. The van der Waals surface area contributed by atoms with E-state index >= 15 is 0 Å². The van der Waals surface area contributed by atoms with E-state index in [1.165, 1.54) is 23.4 Å². The smallest absolute Gasteiger partial charge is 0.413 e. The molecular formula is C29H26F2N6O4S. The molecule has 0 aliphatic carbocycles. The van der Waals surface area contributed by atoms with Gasteiger partial charge in [-0.1, -0.05) is 0 Å². The number of anilines is 2. The molecule has 0 aliphatic heterocycles. The normalized spacial score (nSPS) is 12.0. The minimum absolute atomic E-state index is 0.0818. The minimum Gasteiger partial charge on any atom is -0.465 e. The van der Waals surface area contributed by atoms with Crippen LogP contribution < -0.4 is 9.62 Å². The van der Waals surface area contributed by atoms with Crippen molar-refractivity contribution >= 4 is 38.8 Å². The number of carboxylic acid groups (broad SMARTS) is 1. The number of hydrogen-bond acceptors (Lipinski definition) is 6. The van der Waals surface area contributed by atoms with Crippen LogP contribution in [0.5, 0.6) is 0 Å². The predicted molar refractivity (Wildman–Crippen MR) is 156 cm³/mol. The van der Waals surface area contributed by atoms with E-state index in [0.29, 0.717) is 33.5 Å². The Hall–Kier alpha value is -4.91. The van der Waals surface area contributed by atoms with Gasteiger partial charge in [-0.2, -0.15) is 0 Å². The number of nitrogens with zero attached hydrogens (tertiary/aromatic N) is 5. The highest BCUT2D eigenvalue weighted by molar-refractivity contribution is 7.92. The Labute approximate surface area is 240 Å². The summed E-state index contributed by atoms with van der Waals surface area (Å²) in [5.41, 5.74) is 2.64. The van der Waals surface area contributed by atoms with E-state index in [0.717, 1.165) is 18.4 Å². The number of fused-ring (bicyclic) bond motifs is 1. The van der Waals surface area contributed by atoms with Crippen molar-refractivity contribution in [3.05, 3.63) is 85.0 Å². The largest absolute Gasteiger partial charge is 0.465 e. The number of aromatic nitrogens is 4. The van der Waals surface area contributed by atoms with Gasteiger partial charge in [0.25, 0.3) is 0 Å². The van der Waals surface area contributed by atoms with Gasteiger partial charge >= 0.3 is 6.09 Å². The number of imidazole rings is 1. The number of rotatable bonds is 6. The molecule has 13 heteroatoms. The van der Waals surface area contributed by atoms with Crippen LogP contribution in [0.1, 0.15) is 20.8 Å². The molecule has 42 heavy (non-hydrogen) atoms. The Morgan fingerprint density at radius 2 is 1.67 bits per heavy atom. The molecule has 5 aromatic rings. The molecule has 3 aromatic heterocycles. The first kappa shape index (κ1) is 28.6. The number of nitrogens with one attached hydrogen (secondary N) is 1. The summed E-state index contributed by atoms with van der Waals surface area (Å²) in [4.78, 5) is 26.3.